The quantitative estimate of drug-likeness (QED) is 0.580. The van der Waals surface area contributed by atoms with Gasteiger partial charge in [0.2, 0.25) is 0 Å². The lowest BCUT2D eigenvalue weighted by Crippen LogP contribution is -2.13. The molecular weight excluding hydrogens is 316 g/mol. The first-order valence-electron chi connectivity index (χ1n) is 8.64. The SMILES string of the molecule is Cc1ccc(OCC(C)CCC(C)COc2cccc(S)c2)cc1. The molecule has 3 heteroatoms. The monoisotopic (exact) mass is 344 g/mol. The van der Waals surface area contributed by atoms with Crippen LogP contribution in [0.2, 0.25) is 0 Å². The highest BCUT2D eigenvalue weighted by molar-refractivity contribution is 7.80. The Kier molecular flexibility index (Phi) is 7.51. The number of thiol groups is 1. The molecule has 0 bridgehead atoms. The smallest absolute Gasteiger partial charge is 0.120 e. The van der Waals surface area contributed by atoms with Gasteiger partial charge in [0, 0.05) is 4.90 Å². The van der Waals surface area contributed by atoms with Gasteiger partial charge in [-0.1, -0.05) is 37.6 Å². The number of ether oxygens (including phenoxy) is 2. The molecule has 2 rings (SSSR count). The maximum absolute atomic E-state index is 5.86. The van der Waals surface area contributed by atoms with E-state index in [1.54, 1.807) is 0 Å². The van der Waals surface area contributed by atoms with Crippen molar-refractivity contribution < 1.29 is 9.47 Å². The summed E-state index contributed by atoms with van der Waals surface area (Å²) in [6.07, 6.45) is 2.28. The summed E-state index contributed by atoms with van der Waals surface area (Å²) < 4.78 is 11.7. The average molecular weight is 345 g/mol. The molecule has 0 saturated heterocycles. The van der Waals surface area contributed by atoms with Crippen molar-refractivity contribution in [1.82, 2.24) is 0 Å². The van der Waals surface area contributed by atoms with Crippen LogP contribution in [0.3, 0.4) is 0 Å². The van der Waals surface area contributed by atoms with Gasteiger partial charge in [0.25, 0.3) is 0 Å². The van der Waals surface area contributed by atoms with Gasteiger partial charge in [0.1, 0.15) is 11.5 Å². The van der Waals surface area contributed by atoms with E-state index in [-0.39, 0.29) is 0 Å². The van der Waals surface area contributed by atoms with E-state index in [1.807, 2.05) is 36.4 Å². The minimum absolute atomic E-state index is 0.524. The molecule has 0 aliphatic heterocycles. The Bertz CT molecular complexity index is 609. The fourth-order valence-corrected chi connectivity index (χ4v) is 2.63. The normalized spacial score (nSPS) is 13.3. The van der Waals surface area contributed by atoms with Crippen LogP contribution < -0.4 is 9.47 Å². The lowest BCUT2D eigenvalue weighted by Gasteiger charge is -2.17. The third kappa shape index (κ3) is 6.88. The molecule has 0 saturated carbocycles. The lowest BCUT2D eigenvalue weighted by molar-refractivity contribution is 0.217. The van der Waals surface area contributed by atoms with Crippen molar-refractivity contribution in [2.75, 3.05) is 13.2 Å². The molecule has 2 unspecified atom stereocenters. The first-order valence-corrected chi connectivity index (χ1v) is 9.09. The van der Waals surface area contributed by atoms with Crippen LogP contribution in [0.4, 0.5) is 0 Å². The van der Waals surface area contributed by atoms with E-state index >= 15 is 0 Å². The van der Waals surface area contributed by atoms with Crippen LogP contribution in [-0.4, -0.2) is 13.2 Å². The molecule has 0 aliphatic carbocycles. The fourth-order valence-electron chi connectivity index (χ4n) is 2.42. The molecule has 0 N–H and O–H groups in total. The molecule has 130 valence electrons. The predicted octanol–water partition coefficient (Wildman–Crippen LogP) is 5.79. The molecule has 0 fully saturated rings. The summed E-state index contributed by atoms with van der Waals surface area (Å²) in [6, 6.07) is 16.1. The van der Waals surface area contributed by atoms with Crippen molar-refractivity contribution in [3.8, 4) is 11.5 Å². The van der Waals surface area contributed by atoms with Gasteiger partial charge in [-0.2, -0.15) is 0 Å². The van der Waals surface area contributed by atoms with Gasteiger partial charge in [-0.3, -0.25) is 0 Å². The van der Waals surface area contributed by atoms with Crippen LogP contribution >= 0.6 is 12.6 Å². The summed E-state index contributed by atoms with van der Waals surface area (Å²) in [5.74, 6) is 2.91. The molecule has 0 aliphatic rings. The van der Waals surface area contributed by atoms with Gasteiger partial charge < -0.3 is 9.47 Å². The standard InChI is InChI=1S/C21H28O2S/c1-16-9-11-19(12-10-16)22-14-17(2)7-8-18(3)15-23-20-5-4-6-21(24)13-20/h4-6,9-13,17-18,24H,7-8,14-15H2,1-3H3. The van der Waals surface area contributed by atoms with Crippen molar-refractivity contribution in [3.05, 3.63) is 54.1 Å². The Hall–Kier alpha value is -1.61. The number of hydrogen-bond donors (Lipinski definition) is 1. The van der Waals surface area contributed by atoms with E-state index in [1.165, 1.54) is 5.56 Å². The molecule has 0 amide bonds. The third-order valence-electron chi connectivity index (χ3n) is 4.06. The van der Waals surface area contributed by atoms with Gasteiger partial charge >= 0.3 is 0 Å². The van der Waals surface area contributed by atoms with E-state index in [0.29, 0.717) is 11.8 Å². The maximum atomic E-state index is 5.86. The van der Waals surface area contributed by atoms with Gasteiger partial charge in [-0.25, -0.2) is 0 Å². The number of aryl methyl sites for hydroxylation is 1. The Morgan fingerprint density at radius 1 is 0.833 bits per heavy atom. The molecule has 24 heavy (non-hydrogen) atoms. The summed E-state index contributed by atoms with van der Waals surface area (Å²) in [5.41, 5.74) is 1.26. The molecule has 0 heterocycles. The van der Waals surface area contributed by atoms with Crippen LogP contribution in [-0.2, 0) is 0 Å². The molecule has 2 aromatic carbocycles. The summed E-state index contributed by atoms with van der Waals surface area (Å²) in [6.45, 7) is 8.06. The summed E-state index contributed by atoms with van der Waals surface area (Å²) in [5, 5.41) is 0. The highest BCUT2D eigenvalue weighted by Crippen LogP contribution is 2.19. The maximum Gasteiger partial charge on any atom is 0.120 e. The molecule has 2 atom stereocenters. The second kappa shape index (κ2) is 9.63. The number of hydrogen-bond acceptors (Lipinski definition) is 3. The first-order chi connectivity index (χ1) is 11.5. The zero-order valence-electron chi connectivity index (χ0n) is 14.9. The molecule has 0 radical (unpaired) electrons. The molecule has 0 aromatic heterocycles. The predicted molar refractivity (Wildman–Crippen MR) is 103 cm³/mol. The highest BCUT2D eigenvalue weighted by atomic mass is 32.1. The lowest BCUT2D eigenvalue weighted by atomic mass is 9.99. The van der Waals surface area contributed by atoms with Crippen molar-refractivity contribution in [2.45, 2.75) is 38.5 Å². The molecule has 2 aromatic rings. The second-order valence-corrected chi connectivity index (χ2v) is 7.24. The van der Waals surface area contributed by atoms with E-state index in [0.717, 1.165) is 42.4 Å². The zero-order chi connectivity index (χ0) is 17.4. The average Bonchev–Trinajstić information content (AvgIpc) is 2.57. The van der Waals surface area contributed by atoms with Crippen molar-refractivity contribution in [3.63, 3.8) is 0 Å². The fraction of sp³-hybridized carbons (Fsp3) is 0.429. The third-order valence-corrected chi connectivity index (χ3v) is 4.34. The summed E-state index contributed by atoms with van der Waals surface area (Å²) >= 11 is 4.33. The van der Waals surface area contributed by atoms with Crippen molar-refractivity contribution in [1.29, 1.82) is 0 Å². The van der Waals surface area contributed by atoms with E-state index in [9.17, 15) is 0 Å². The highest BCUT2D eigenvalue weighted by Gasteiger charge is 2.09. The van der Waals surface area contributed by atoms with Crippen molar-refractivity contribution in [2.24, 2.45) is 11.8 Å². The minimum Gasteiger partial charge on any atom is -0.493 e. The van der Waals surface area contributed by atoms with Crippen molar-refractivity contribution >= 4 is 12.6 Å². The van der Waals surface area contributed by atoms with Crippen LogP contribution in [0.1, 0.15) is 32.3 Å². The zero-order valence-corrected chi connectivity index (χ0v) is 15.8. The van der Waals surface area contributed by atoms with E-state index in [4.69, 9.17) is 9.47 Å². The molecular formula is C21H28O2S. The van der Waals surface area contributed by atoms with Crippen LogP contribution in [0.5, 0.6) is 11.5 Å². The Morgan fingerprint density at radius 2 is 1.42 bits per heavy atom. The summed E-state index contributed by atoms with van der Waals surface area (Å²) in [4.78, 5) is 0.932. The van der Waals surface area contributed by atoms with E-state index < -0.39 is 0 Å². The van der Waals surface area contributed by atoms with Crippen LogP contribution in [0.15, 0.2) is 53.4 Å². The molecule has 2 nitrogen and oxygen atoms in total. The van der Waals surface area contributed by atoms with Gasteiger partial charge in [0.15, 0.2) is 0 Å². The minimum atomic E-state index is 0.524. The Balaban J connectivity index is 1.63. The van der Waals surface area contributed by atoms with Gasteiger partial charge in [0.05, 0.1) is 13.2 Å². The largest absolute Gasteiger partial charge is 0.493 e. The molecule has 0 spiro atoms. The first kappa shape index (κ1) is 18.7. The number of benzene rings is 2. The van der Waals surface area contributed by atoms with E-state index in [2.05, 4.69) is 45.5 Å². The van der Waals surface area contributed by atoms with Gasteiger partial charge in [-0.15, -0.1) is 12.6 Å². The van der Waals surface area contributed by atoms with Gasteiger partial charge in [-0.05, 0) is 61.9 Å². The Morgan fingerprint density at radius 3 is 2.00 bits per heavy atom. The topological polar surface area (TPSA) is 18.5 Å². The summed E-state index contributed by atoms with van der Waals surface area (Å²) in [7, 11) is 0. The number of rotatable bonds is 9. The second-order valence-electron chi connectivity index (χ2n) is 6.72. The van der Waals surface area contributed by atoms with Crippen LogP contribution in [0, 0.1) is 18.8 Å². The Labute approximate surface area is 151 Å². The van der Waals surface area contributed by atoms with Crippen LogP contribution in [0.25, 0.3) is 0 Å².